The number of aromatic carboxylic acids is 1. The zero-order valence-corrected chi connectivity index (χ0v) is 11.8. The molecule has 0 spiro atoms. The molecule has 1 aliphatic heterocycles. The topological polar surface area (TPSA) is 66.8 Å². The van der Waals surface area contributed by atoms with Gasteiger partial charge in [-0.1, -0.05) is 6.07 Å². The Bertz CT molecular complexity index is 547. The molecular weight excluding hydrogens is 270 g/mol. The van der Waals surface area contributed by atoms with E-state index in [1.54, 1.807) is 12.1 Å². The van der Waals surface area contributed by atoms with Gasteiger partial charge in [-0.2, -0.15) is 0 Å². The fourth-order valence-corrected chi connectivity index (χ4v) is 2.74. The lowest BCUT2D eigenvalue weighted by atomic mass is 10.1. The number of carbonyl (C=O) groups is 2. The molecule has 2 aliphatic rings. The number of amides is 1. The number of carboxylic acids is 1. The highest BCUT2D eigenvalue weighted by Crippen LogP contribution is 2.30. The van der Waals surface area contributed by atoms with Gasteiger partial charge in [-0.3, -0.25) is 4.79 Å². The van der Waals surface area contributed by atoms with Crippen molar-refractivity contribution in [2.24, 2.45) is 5.92 Å². The van der Waals surface area contributed by atoms with Crippen molar-refractivity contribution < 1.29 is 19.4 Å². The van der Waals surface area contributed by atoms with Crippen LogP contribution in [0.2, 0.25) is 0 Å². The van der Waals surface area contributed by atoms with Crippen molar-refractivity contribution in [2.45, 2.75) is 25.3 Å². The van der Waals surface area contributed by atoms with Crippen LogP contribution in [0.4, 0.5) is 0 Å². The molecule has 1 aliphatic carbocycles. The molecule has 1 N–H and O–H groups in total. The summed E-state index contributed by atoms with van der Waals surface area (Å²) in [5.74, 6) is -0.670. The minimum absolute atomic E-state index is 0.0625. The standard InChI is InChI=1S/C16H19NO4/c18-15(12-2-1-3-13(8-12)16(19)20)17(14-4-5-14)9-11-6-7-21-10-11/h1-3,8,11,14H,4-7,9-10H2,(H,19,20). The zero-order chi connectivity index (χ0) is 14.8. The average molecular weight is 289 g/mol. The summed E-state index contributed by atoms with van der Waals surface area (Å²) in [5.41, 5.74) is 0.613. The Balaban J connectivity index is 1.77. The van der Waals surface area contributed by atoms with Crippen LogP contribution in [0.5, 0.6) is 0 Å². The molecular formula is C16H19NO4. The second-order valence-corrected chi connectivity index (χ2v) is 5.80. The first kappa shape index (κ1) is 14.1. The van der Waals surface area contributed by atoms with Gasteiger partial charge in [0.15, 0.2) is 0 Å². The maximum atomic E-state index is 12.7. The van der Waals surface area contributed by atoms with Gasteiger partial charge in [0.25, 0.3) is 5.91 Å². The number of carbonyl (C=O) groups excluding carboxylic acids is 1. The molecule has 5 nitrogen and oxygen atoms in total. The molecule has 1 heterocycles. The van der Waals surface area contributed by atoms with Crippen molar-refractivity contribution in [3.8, 4) is 0 Å². The number of hydrogen-bond acceptors (Lipinski definition) is 3. The summed E-state index contributed by atoms with van der Waals surface area (Å²) in [6.45, 7) is 2.19. The average Bonchev–Trinajstić information content (AvgIpc) is 3.20. The van der Waals surface area contributed by atoms with Gasteiger partial charge in [0.2, 0.25) is 0 Å². The van der Waals surface area contributed by atoms with Gasteiger partial charge in [0.1, 0.15) is 0 Å². The molecule has 5 heteroatoms. The van der Waals surface area contributed by atoms with Crippen molar-refractivity contribution in [1.82, 2.24) is 4.90 Å². The van der Waals surface area contributed by atoms with E-state index < -0.39 is 5.97 Å². The zero-order valence-electron chi connectivity index (χ0n) is 11.8. The summed E-state index contributed by atoms with van der Waals surface area (Å²) < 4.78 is 5.38. The van der Waals surface area contributed by atoms with Crippen molar-refractivity contribution in [1.29, 1.82) is 0 Å². The van der Waals surface area contributed by atoms with Gasteiger partial charge in [-0.05, 0) is 37.5 Å². The minimum Gasteiger partial charge on any atom is -0.478 e. The second kappa shape index (κ2) is 5.85. The van der Waals surface area contributed by atoms with Crippen LogP contribution in [0.3, 0.4) is 0 Å². The van der Waals surface area contributed by atoms with E-state index in [4.69, 9.17) is 9.84 Å². The SMILES string of the molecule is O=C(O)c1cccc(C(=O)N(CC2CCOC2)C2CC2)c1. The molecule has 3 rings (SSSR count). The molecule has 1 aromatic carbocycles. The lowest BCUT2D eigenvalue weighted by molar-refractivity contribution is 0.0697. The van der Waals surface area contributed by atoms with Gasteiger partial charge in [-0.15, -0.1) is 0 Å². The Labute approximate surface area is 123 Å². The molecule has 0 aromatic heterocycles. The van der Waals surface area contributed by atoms with Crippen molar-refractivity contribution in [2.75, 3.05) is 19.8 Å². The van der Waals surface area contributed by atoms with Gasteiger partial charge in [-0.25, -0.2) is 4.79 Å². The Morgan fingerprint density at radius 3 is 2.62 bits per heavy atom. The highest BCUT2D eigenvalue weighted by Gasteiger charge is 2.35. The van der Waals surface area contributed by atoms with E-state index in [2.05, 4.69) is 0 Å². The van der Waals surface area contributed by atoms with Gasteiger partial charge >= 0.3 is 5.97 Å². The highest BCUT2D eigenvalue weighted by atomic mass is 16.5. The van der Waals surface area contributed by atoms with Crippen molar-refractivity contribution in [3.63, 3.8) is 0 Å². The Kier molecular flexibility index (Phi) is 3.92. The highest BCUT2D eigenvalue weighted by molar-refractivity contribution is 5.97. The van der Waals surface area contributed by atoms with Crippen LogP contribution in [-0.2, 0) is 4.74 Å². The third-order valence-electron chi connectivity index (χ3n) is 4.08. The monoisotopic (exact) mass is 289 g/mol. The van der Waals surface area contributed by atoms with Crippen LogP contribution < -0.4 is 0 Å². The summed E-state index contributed by atoms with van der Waals surface area (Å²) >= 11 is 0. The number of benzene rings is 1. The van der Waals surface area contributed by atoms with Crippen LogP contribution in [0.15, 0.2) is 24.3 Å². The molecule has 1 amide bonds. The maximum Gasteiger partial charge on any atom is 0.335 e. The first-order chi connectivity index (χ1) is 10.1. The molecule has 2 fully saturated rings. The summed E-state index contributed by atoms with van der Waals surface area (Å²) in [7, 11) is 0. The first-order valence-electron chi connectivity index (χ1n) is 7.37. The molecule has 112 valence electrons. The molecule has 0 bridgehead atoms. The summed E-state index contributed by atoms with van der Waals surface area (Å²) in [6.07, 6.45) is 3.07. The predicted octanol–water partition coefficient (Wildman–Crippen LogP) is 2.03. The van der Waals surface area contributed by atoms with E-state index in [0.717, 1.165) is 25.9 Å². The summed E-state index contributed by atoms with van der Waals surface area (Å²) in [4.78, 5) is 25.6. The van der Waals surface area contributed by atoms with E-state index in [1.165, 1.54) is 12.1 Å². The Morgan fingerprint density at radius 2 is 2.00 bits per heavy atom. The third-order valence-corrected chi connectivity index (χ3v) is 4.08. The lowest BCUT2D eigenvalue weighted by Crippen LogP contribution is -2.37. The Morgan fingerprint density at radius 1 is 1.24 bits per heavy atom. The fraction of sp³-hybridized carbons (Fsp3) is 0.500. The number of carboxylic acid groups (broad SMARTS) is 1. The van der Waals surface area contributed by atoms with E-state index in [9.17, 15) is 9.59 Å². The van der Waals surface area contributed by atoms with Gasteiger partial charge < -0.3 is 14.7 Å². The number of hydrogen-bond donors (Lipinski definition) is 1. The molecule has 21 heavy (non-hydrogen) atoms. The molecule has 1 aromatic rings. The quantitative estimate of drug-likeness (QED) is 0.900. The van der Waals surface area contributed by atoms with Crippen LogP contribution in [0, 0.1) is 5.92 Å². The van der Waals surface area contributed by atoms with Crippen LogP contribution in [-0.4, -0.2) is 47.7 Å². The molecule has 1 unspecified atom stereocenters. The normalized spacial score (nSPS) is 21.2. The first-order valence-corrected chi connectivity index (χ1v) is 7.37. The summed E-state index contributed by atoms with van der Waals surface area (Å²) in [6, 6.07) is 6.60. The fourth-order valence-electron chi connectivity index (χ4n) is 2.74. The van der Waals surface area contributed by atoms with Gasteiger partial charge in [0, 0.05) is 30.7 Å². The molecule has 1 saturated heterocycles. The van der Waals surface area contributed by atoms with Crippen LogP contribution in [0.1, 0.15) is 40.0 Å². The molecule has 1 atom stereocenters. The summed E-state index contributed by atoms with van der Waals surface area (Å²) in [5, 5.41) is 9.04. The van der Waals surface area contributed by atoms with Crippen LogP contribution in [0.25, 0.3) is 0 Å². The number of nitrogens with zero attached hydrogens (tertiary/aromatic N) is 1. The van der Waals surface area contributed by atoms with Crippen molar-refractivity contribution in [3.05, 3.63) is 35.4 Å². The smallest absolute Gasteiger partial charge is 0.335 e. The second-order valence-electron chi connectivity index (χ2n) is 5.80. The van der Waals surface area contributed by atoms with E-state index >= 15 is 0 Å². The van der Waals surface area contributed by atoms with Crippen LogP contribution >= 0.6 is 0 Å². The predicted molar refractivity (Wildman–Crippen MR) is 76.4 cm³/mol. The minimum atomic E-state index is -1.01. The number of rotatable bonds is 5. The third kappa shape index (κ3) is 3.24. The van der Waals surface area contributed by atoms with Crippen molar-refractivity contribution >= 4 is 11.9 Å². The Hall–Kier alpha value is -1.88. The number of ether oxygens (including phenoxy) is 1. The van der Waals surface area contributed by atoms with Gasteiger partial charge in [0.05, 0.1) is 12.2 Å². The lowest BCUT2D eigenvalue weighted by Gasteiger charge is -2.25. The van der Waals surface area contributed by atoms with E-state index in [0.29, 0.717) is 30.7 Å². The molecule has 1 saturated carbocycles. The molecule has 0 radical (unpaired) electrons. The van der Waals surface area contributed by atoms with E-state index in [1.807, 2.05) is 4.90 Å². The van der Waals surface area contributed by atoms with E-state index in [-0.39, 0.29) is 11.5 Å². The maximum absolute atomic E-state index is 12.7. The largest absolute Gasteiger partial charge is 0.478 e.